The first-order valence-corrected chi connectivity index (χ1v) is 4.57. The SMILES string of the molecule is NC(Br)c1ccccc1Br. The van der Waals surface area contributed by atoms with Crippen LogP contribution in [-0.4, -0.2) is 0 Å². The van der Waals surface area contributed by atoms with Crippen LogP contribution < -0.4 is 5.73 Å². The van der Waals surface area contributed by atoms with Crippen molar-refractivity contribution >= 4 is 31.9 Å². The van der Waals surface area contributed by atoms with Crippen LogP contribution in [0.25, 0.3) is 0 Å². The van der Waals surface area contributed by atoms with Gasteiger partial charge in [-0.3, -0.25) is 0 Å². The molecular weight excluding hydrogens is 258 g/mol. The van der Waals surface area contributed by atoms with Gasteiger partial charge in [0.2, 0.25) is 0 Å². The zero-order chi connectivity index (χ0) is 7.56. The molecule has 1 aromatic carbocycles. The fourth-order valence-electron chi connectivity index (χ4n) is 0.699. The van der Waals surface area contributed by atoms with Gasteiger partial charge in [0.1, 0.15) is 0 Å². The average molecular weight is 265 g/mol. The van der Waals surface area contributed by atoms with E-state index in [1.165, 1.54) is 0 Å². The Hall–Kier alpha value is 0.140. The minimum absolute atomic E-state index is 0.0805. The lowest BCUT2D eigenvalue weighted by Gasteiger charge is -2.04. The zero-order valence-corrected chi connectivity index (χ0v) is 8.39. The minimum atomic E-state index is -0.0805. The highest BCUT2D eigenvalue weighted by Crippen LogP contribution is 2.24. The molecule has 2 N–H and O–H groups in total. The number of benzene rings is 1. The molecule has 0 saturated carbocycles. The van der Waals surface area contributed by atoms with Crippen LogP contribution in [0.4, 0.5) is 0 Å². The number of halogens is 2. The van der Waals surface area contributed by atoms with E-state index in [2.05, 4.69) is 31.9 Å². The fourth-order valence-corrected chi connectivity index (χ4v) is 1.94. The Kier molecular flexibility index (Phi) is 2.89. The Morgan fingerprint density at radius 2 is 1.90 bits per heavy atom. The molecule has 1 rings (SSSR count). The van der Waals surface area contributed by atoms with Crippen molar-refractivity contribution in [1.82, 2.24) is 0 Å². The molecule has 0 aliphatic heterocycles. The van der Waals surface area contributed by atoms with Gasteiger partial charge in [0.15, 0.2) is 0 Å². The highest BCUT2D eigenvalue weighted by atomic mass is 79.9. The summed E-state index contributed by atoms with van der Waals surface area (Å²) in [5.74, 6) is 0. The molecular formula is C7H7Br2N. The number of hydrogen-bond donors (Lipinski definition) is 1. The Bertz CT molecular complexity index is 223. The van der Waals surface area contributed by atoms with Crippen molar-refractivity contribution in [3.05, 3.63) is 34.3 Å². The molecule has 0 spiro atoms. The van der Waals surface area contributed by atoms with Gasteiger partial charge in [0.25, 0.3) is 0 Å². The summed E-state index contributed by atoms with van der Waals surface area (Å²) in [4.78, 5) is -0.0805. The van der Waals surface area contributed by atoms with E-state index >= 15 is 0 Å². The molecule has 0 saturated heterocycles. The molecule has 0 aliphatic carbocycles. The zero-order valence-electron chi connectivity index (χ0n) is 5.22. The molecule has 0 fully saturated rings. The van der Waals surface area contributed by atoms with Gasteiger partial charge in [-0.1, -0.05) is 50.1 Å². The summed E-state index contributed by atoms with van der Waals surface area (Å²) in [5.41, 5.74) is 6.67. The standard InChI is InChI=1S/C7H7Br2N/c8-6-4-2-1-3-5(6)7(9)10/h1-4,7H,10H2. The Morgan fingerprint density at radius 3 is 2.30 bits per heavy atom. The Morgan fingerprint density at radius 1 is 1.30 bits per heavy atom. The van der Waals surface area contributed by atoms with Crippen LogP contribution in [0, 0.1) is 0 Å². The monoisotopic (exact) mass is 263 g/mol. The smallest absolute Gasteiger partial charge is 0.0872 e. The lowest BCUT2D eigenvalue weighted by atomic mass is 10.2. The summed E-state index contributed by atoms with van der Waals surface area (Å²) in [6, 6.07) is 7.87. The van der Waals surface area contributed by atoms with E-state index in [-0.39, 0.29) is 4.95 Å². The van der Waals surface area contributed by atoms with E-state index in [1.807, 2.05) is 24.3 Å². The van der Waals surface area contributed by atoms with E-state index in [0.29, 0.717) is 0 Å². The first kappa shape index (κ1) is 8.24. The summed E-state index contributed by atoms with van der Waals surface area (Å²) < 4.78 is 1.04. The number of hydrogen-bond acceptors (Lipinski definition) is 1. The van der Waals surface area contributed by atoms with Gasteiger partial charge in [-0.25, -0.2) is 0 Å². The van der Waals surface area contributed by atoms with E-state index in [0.717, 1.165) is 10.0 Å². The maximum Gasteiger partial charge on any atom is 0.0872 e. The van der Waals surface area contributed by atoms with Crippen molar-refractivity contribution < 1.29 is 0 Å². The first-order chi connectivity index (χ1) is 4.72. The molecule has 10 heavy (non-hydrogen) atoms. The summed E-state index contributed by atoms with van der Waals surface area (Å²) in [5, 5.41) is 0. The first-order valence-electron chi connectivity index (χ1n) is 2.86. The third-order valence-corrected chi connectivity index (χ3v) is 2.42. The second-order valence-corrected chi connectivity index (χ2v) is 3.76. The number of nitrogens with two attached hydrogens (primary N) is 1. The summed E-state index contributed by atoms with van der Waals surface area (Å²) in [7, 11) is 0. The lowest BCUT2D eigenvalue weighted by molar-refractivity contribution is 1.05. The summed E-state index contributed by atoms with van der Waals surface area (Å²) in [6.45, 7) is 0. The topological polar surface area (TPSA) is 26.0 Å². The van der Waals surface area contributed by atoms with E-state index in [4.69, 9.17) is 5.73 Å². The third kappa shape index (κ3) is 1.81. The van der Waals surface area contributed by atoms with Gasteiger partial charge in [-0.2, -0.15) is 0 Å². The van der Waals surface area contributed by atoms with Gasteiger partial charge >= 0.3 is 0 Å². The number of alkyl halides is 1. The Balaban J connectivity index is 3.03. The van der Waals surface area contributed by atoms with Gasteiger partial charge in [-0.15, -0.1) is 0 Å². The largest absolute Gasteiger partial charge is 0.315 e. The summed E-state index contributed by atoms with van der Waals surface area (Å²) in [6.07, 6.45) is 0. The molecule has 0 aromatic heterocycles. The second kappa shape index (κ2) is 3.51. The molecule has 0 heterocycles. The molecule has 0 radical (unpaired) electrons. The molecule has 0 amide bonds. The van der Waals surface area contributed by atoms with Gasteiger partial charge < -0.3 is 5.73 Å². The minimum Gasteiger partial charge on any atom is -0.315 e. The normalized spacial score (nSPS) is 13.1. The van der Waals surface area contributed by atoms with E-state index < -0.39 is 0 Å². The second-order valence-electron chi connectivity index (χ2n) is 1.92. The van der Waals surface area contributed by atoms with Crippen molar-refractivity contribution in [3.63, 3.8) is 0 Å². The predicted molar refractivity (Wildman–Crippen MR) is 50.0 cm³/mol. The van der Waals surface area contributed by atoms with E-state index in [1.54, 1.807) is 0 Å². The van der Waals surface area contributed by atoms with Crippen LogP contribution >= 0.6 is 31.9 Å². The van der Waals surface area contributed by atoms with Crippen LogP contribution in [0.1, 0.15) is 10.5 Å². The predicted octanol–water partition coefficient (Wildman–Crippen LogP) is 2.80. The van der Waals surface area contributed by atoms with Crippen molar-refractivity contribution in [2.24, 2.45) is 5.73 Å². The van der Waals surface area contributed by atoms with Gasteiger partial charge in [0.05, 0.1) is 4.95 Å². The van der Waals surface area contributed by atoms with Crippen LogP contribution in [-0.2, 0) is 0 Å². The van der Waals surface area contributed by atoms with Crippen LogP contribution in [0.15, 0.2) is 28.7 Å². The quantitative estimate of drug-likeness (QED) is 0.613. The maximum atomic E-state index is 5.60. The Labute approximate surface area is 76.9 Å². The van der Waals surface area contributed by atoms with Crippen molar-refractivity contribution in [2.45, 2.75) is 4.95 Å². The van der Waals surface area contributed by atoms with Crippen molar-refractivity contribution in [2.75, 3.05) is 0 Å². The lowest BCUT2D eigenvalue weighted by Crippen LogP contribution is -2.01. The molecule has 1 nitrogen and oxygen atoms in total. The van der Waals surface area contributed by atoms with Gasteiger partial charge in [0, 0.05) is 4.47 Å². The molecule has 1 atom stereocenters. The highest BCUT2D eigenvalue weighted by molar-refractivity contribution is 9.11. The molecule has 54 valence electrons. The average Bonchev–Trinajstić information content (AvgIpc) is 1.88. The third-order valence-electron chi connectivity index (χ3n) is 1.20. The molecule has 1 unspecified atom stereocenters. The summed E-state index contributed by atoms with van der Waals surface area (Å²) >= 11 is 6.67. The molecule has 0 bridgehead atoms. The van der Waals surface area contributed by atoms with Crippen LogP contribution in [0.3, 0.4) is 0 Å². The highest BCUT2D eigenvalue weighted by Gasteiger charge is 2.02. The van der Waals surface area contributed by atoms with Gasteiger partial charge in [-0.05, 0) is 11.6 Å². The molecule has 3 heteroatoms. The molecule has 0 aliphatic rings. The van der Waals surface area contributed by atoms with Crippen molar-refractivity contribution in [3.8, 4) is 0 Å². The van der Waals surface area contributed by atoms with Crippen LogP contribution in [0.2, 0.25) is 0 Å². The van der Waals surface area contributed by atoms with Crippen LogP contribution in [0.5, 0.6) is 0 Å². The van der Waals surface area contributed by atoms with E-state index in [9.17, 15) is 0 Å². The molecule has 1 aromatic rings. The maximum absolute atomic E-state index is 5.60. The van der Waals surface area contributed by atoms with Crippen molar-refractivity contribution in [1.29, 1.82) is 0 Å². The fraction of sp³-hybridized carbons (Fsp3) is 0.143. The number of rotatable bonds is 1.